The summed E-state index contributed by atoms with van der Waals surface area (Å²) in [5.74, 6) is 0.532. The van der Waals surface area contributed by atoms with Crippen LogP contribution < -0.4 is 9.46 Å². The van der Waals surface area contributed by atoms with Crippen LogP contribution in [0.25, 0.3) is 11.3 Å². The molecule has 1 N–H and O–H groups in total. The normalized spacial score (nSPS) is 11.7. The van der Waals surface area contributed by atoms with Gasteiger partial charge in [-0.1, -0.05) is 54.6 Å². The molecule has 0 radical (unpaired) electrons. The van der Waals surface area contributed by atoms with Crippen molar-refractivity contribution in [2.75, 3.05) is 4.72 Å². The standard InChI is InChI=1S/C24H18F3N3O3S/c25-24(26,27)20-8-4-5-9-21(20)34(31,32)30-23-22(28-14-15-29-23)18-12-10-17(11-13-18)16-33-19-6-2-1-3-7-19/h1-15H,16H2,(H,29,30). The molecule has 4 aromatic rings. The molecule has 4 rings (SSSR count). The minimum Gasteiger partial charge on any atom is -0.489 e. The van der Waals surface area contributed by atoms with E-state index in [-0.39, 0.29) is 11.5 Å². The van der Waals surface area contributed by atoms with E-state index in [4.69, 9.17) is 4.74 Å². The summed E-state index contributed by atoms with van der Waals surface area (Å²) < 4.78 is 73.5. The first-order valence-electron chi connectivity index (χ1n) is 10.0. The van der Waals surface area contributed by atoms with Crippen LogP contribution >= 0.6 is 0 Å². The molecule has 0 bridgehead atoms. The minimum atomic E-state index is -4.84. The molecule has 1 aromatic heterocycles. The zero-order valence-electron chi connectivity index (χ0n) is 17.5. The highest BCUT2D eigenvalue weighted by Crippen LogP contribution is 2.35. The van der Waals surface area contributed by atoms with Gasteiger partial charge >= 0.3 is 6.18 Å². The SMILES string of the molecule is O=S(=O)(Nc1nccnc1-c1ccc(COc2ccccc2)cc1)c1ccccc1C(F)(F)F. The second kappa shape index (κ2) is 9.52. The summed E-state index contributed by atoms with van der Waals surface area (Å²) in [5.41, 5.74) is 0.290. The van der Waals surface area contributed by atoms with Gasteiger partial charge < -0.3 is 4.74 Å². The predicted octanol–water partition coefficient (Wildman–Crippen LogP) is 5.54. The number of rotatable bonds is 7. The van der Waals surface area contributed by atoms with Gasteiger partial charge in [-0.2, -0.15) is 13.2 Å². The van der Waals surface area contributed by atoms with Crippen LogP contribution in [0.5, 0.6) is 5.75 Å². The smallest absolute Gasteiger partial charge is 0.417 e. The van der Waals surface area contributed by atoms with Gasteiger partial charge in [0, 0.05) is 18.0 Å². The minimum absolute atomic E-state index is 0.172. The maximum Gasteiger partial charge on any atom is 0.417 e. The fraction of sp³-hybridized carbons (Fsp3) is 0.0833. The summed E-state index contributed by atoms with van der Waals surface area (Å²) in [7, 11) is -4.60. The van der Waals surface area contributed by atoms with E-state index in [1.54, 1.807) is 24.3 Å². The number of anilines is 1. The first-order valence-corrected chi connectivity index (χ1v) is 11.5. The van der Waals surface area contributed by atoms with Gasteiger partial charge in [-0.3, -0.25) is 9.71 Å². The maximum atomic E-state index is 13.3. The average molecular weight is 485 g/mol. The summed E-state index contributed by atoms with van der Waals surface area (Å²) >= 11 is 0. The third-order valence-electron chi connectivity index (χ3n) is 4.79. The van der Waals surface area contributed by atoms with Crippen LogP contribution in [0.4, 0.5) is 19.0 Å². The van der Waals surface area contributed by atoms with Crippen LogP contribution in [0.15, 0.2) is 96.2 Å². The van der Waals surface area contributed by atoms with Gasteiger partial charge in [-0.25, -0.2) is 13.4 Å². The highest BCUT2D eigenvalue weighted by molar-refractivity contribution is 7.92. The lowest BCUT2D eigenvalue weighted by Gasteiger charge is -2.15. The van der Waals surface area contributed by atoms with Gasteiger partial charge in [0.05, 0.1) is 10.5 Å². The van der Waals surface area contributed by atoms with Crippen LogP contribution in [-0.4, -0.2) is 18.4 Å². The molecule has 174 valence electrons. The Labute approximate surface area is 194 Å². The van der Waals surface area contributed by atoms with E-state index >= 15 is 0 Å². The Morgan fingerprint density at radius 3 is 2.18 bits per heavy atom. The second-order valence-corrected chi connectivity index (χ2v) is 8.80. The van der Waals surface area contributed by atoms with E-state index in [2.05, 4.69) is 14.7 Å². The quantitative estimate of drug-likeness (QED) is 0.372. The molecule has 0 saturated carbocycles. The Kier molecular flexibility index (Phi) is 6.51. The van der Waals surface area contributed by atoms with E-state index in [0.717, 1.165) is 23.4 Å². The zero-order valence-corrected chi connectivity index (χ0v) is 18.3. The topological polar surface area (TPSA) is 81.2 Å². The van der Waals surface area contributed by atoms with Gasteiger partial charge in [-0.05, 0) is 29.8 Å². The molecule has 0 unspecified atom stereocenters. The number of alkyl halides is 3. The number of nitrogens with zero attached hydrogens (tertiary/aromatic N) is 2. The van der Waals surface area contributed by atoms with Crippen LogP contribution in [0.3, 0.4) is 0 Å². The van der Waals surface area contributed by atoms with Crippen LogP contribution in [-0.2, 0) is 22.8 Å². The molecule has 0 fully saturated rings. The third-order valence-corrected chi connectivity index (χ3v) is 6.18. The number of halogens is 3. The Morgan fingerprint density at radius 1 is 0.824 bits per heavy atom. The molecule has 0 aliphatic carbocycles. The van der Waals surface area contributed by atoms with Crippen molar-refractivity contribution in [2.45, 2.75) is 17.7 Å². The van der Waals surface area contributed by atoms with Crippen molar-refractivity contribution in [3.63, 3.8) is 0 Å². The van der Waals surface area contributed by atoms with Crippen molar-refractivity contribution < 1.29 is 26.3 Å². The van der Waals surface area contributed by atoms with Crippen molar-refractivity contribution in [1.82, 2.24) is 9.97 Å². The Morgan fingerprint density at radius 2 is 1.47 bits per heavy atom. The molecule has 0 aliphatic rings. The zero-order chi connectivity index (χ0) is 24.2. The first-order chi connectivity index (χ1) is 16.2. The number of nitrogens with one attached hydrogen (secondary N) is 1. The number of benzene rings is 3. The van der Waals surface area contributed by atoms with Crippen LogP contribution in [0, 0.1) is 0 Å². The van der Waals surface area contributed by atoms with E-state index in [9.17, 15) is 21.6 Å². The number of hydrogen-bond acceptors (Lipinski definition) is 5. The lowest BCUT2D eigenvalue weighted by molar-refractivity contribution is -0.139. The molecule has 0 atom stereocenters. The molecule has 1 heterocycles. The number of ether oxygens (including phenoxy) is 1. The number of hydrogen-bond donors (Lipinski definition) is 1. The van der Waals surface area contributed by atoms with Crippen molar-refractivity contribution in [1.29, 1.82) is 0 Å². The Hall–Kier alpha value is -3.92. The first kappa shape index (κ1) is 23.2. The van der Waals surface area contributed by atoms with E-state index < -0.39 is 26.7 Å². The fourth-order valence-corrected chi connectivity index (χ4v) is 4.43. The lowest BCUT2D eigenvalue weighted by Crippen LogP contribution is -2.20. The van der Waals surface area contributed by atoms with Gasteiger partial charge in [0.15, 0.2) is 5.82 Å². The van der Waals surface area contributed by atoms with Gasteiger partial charge in [0.2, 0.25) is 0 Å². The molecule has 0 amide bonds. The number of para-hydroxylation sites is 1. The molecule has 34 heavy (non-hydrogen) atoms. The molecule has 0 aliphatic heterocycles. The van der Waals surface area contributed by atoms with Crippen LogP contribution in [0.2, 0.25) is 0 Å². The monoisotopic (exact) mass is 485 g/mol. The maximum absolute atomic E-state index is 13.3. The summed E-state index contributed by atoms with van der Waals surface area (Å²) in [6.45, 7) is 0.318. The van der Waals surface area contributed by atoms with E-state index in [0.29, 0.717) is 18.2 Å². The largest absolute Gasteiger partial charge is 0.489 e. The summed E-state index contributed by atoms with van der Waals surface area (Å²) in [6, 6.07) is 20.2. The van der Waals surface area contributed by atoms with Gasteiger partial charge in [0.25, 0.3) is 10.0 Å². The number of aromatic nitrogens is 2. The molecule has 10 heteroatoms. The second-order valence-electron chi connectivity index (χ2n) is 7.15. The van der Waals surface area contributed by atoms with Crippen molar-refractivity contribution in [2.24, 2.45) is 0 Å². The summed E-state index contributed by atoms with van der Waals surface area (Å²) in [4.78, 5) is 7.28. The Bertz CT molecular complexity index is 1380. The molecule has 0 spiro atoms. The molecule has 6 nitrogen and oxygen atoms in total. The predicted molar refractivity (Wildman–Crippen MR) is 120 cm³/mol. The molecular formula is C24H18F3N3O3S. The van der Waals surface area contributed by atoms with Gasteiger partial charge in [-0.15, -0.1) is 0 Å². The lowest BCUT2D eigenvalue weighted by atomic mass is 10.1. The van der Waals surface area contributed by atoms with E-state index in [1.165, 1.54) is 18.5 Å². The molecular weight excluding hydrogens is 467 g/mol. The fourth-order valence-electron chi connectivity index (χ4n) is 3.18. The highest BCUT2D eigenvalue weighted by atomic mass is 32.2. The van der Waals surface area contributed by atoms with Crippen LogP contribution in [0.1, 0.15) is 11.1 Å². The summed E-state index contributed by atoms with van der Waals surface area (Å²) in [5, 5.41) is 0. The van der Waals surface area contributed by atoms with Crippen molar-refractivity contribution >= 4 is 15.8 Å². The van der Waals surface area contributed by atoms with Crippen molar-refractivity contribution in [3.05, 3.63) is 102 Å². The summed E-state index contributed by atoms with van der Waals surface area (Å²) in [6.07, 6.45) is -2.23. The third kappa shape index (κ3) is 5.34. The molecule has 3 aromatic carbocycles. The number of sulfonamides is 1. The average Bonchev–Trinajstić information content (AvgIpc) is 2.83. The highest BCUT2D eigenvalue weighted by Gasteiger charge is 2.37. The van der Waals surface area contributed by atoms with Crippen molar-refractivity contribution in [3.8, 4) is 17.0 Å². The van der Waals surface area contributed by atoms with E-state index in [1.807, 2.05) is 30.3 Å². The van der Waals surface area contributed by atoms with Gasteiger partial charge in [0.1, 0.15) is 18.1 Å². The molecule has 0 saturated heterocycles. The Balaban J connectivity index is 1.58.